The van der Waals surface area contributed by atoms with E-state index in [9.17, 15) is 4.79 Å². The van der Waals surface area contributed by atoms with Crippen LogP contribution >= 0.6 is 24.0 Å². The Morgan fingerprint density at radius 3 is 2.72 bits per heavy atom. The van der Waals surface area contributed by atoms with Gasteiger partial charge in [0, 0.05) is 10.4 Å². The van der Waals surface area contributed by atoms with Gasteiger partial charge in [-0.1, -0.05) is 37.6 Å². The fraction of sp³-hybridized carbons (Fsp3) is 0.462. The molecule has 1 atom stereocenters. The van der Waals surface area contributed by atoms with Crippen molar-refractivity contribution >= 4 is 30.1 Å². The zero-order chi connectivity index (χ0) is 12.6. The molecule has 1 aliphatic heterocycles. The number of carbonyl (C=O) groups is 1. The van der Waals surface area contributed by atoms with Gasteiger partial charge in [-0.3, -0.25) is 0 Å². The van der Waals surface area contributed by atoms with Gasteiger partial charge in [0.25, 0.3) is 0 Å². The lowest BCUT2D eigenvalue weighted by Crippen LogP contribution is -2.46. The van der Waals surface area contributed by atoms with Crippen LogP contribution in [0.15, 0.2) is 18.2 Å². The van der Waals surface area contributed by atoms with E-state index in [2.05, 4.69) is 19.2 Å². The first-order valence-corrected chi connectivity index (χ1v) is 5.97. The van der Waals surface area contributed by atoms with Crippen LogP contribution in [0, 0.1) is 12.3 Å². The highest BCUT2D eigenvalue weighted by Gasteiger charge is 2.37. The molecule has 1 fully saturated rings. The molecule has 100 valence electrons. The van der Waals surface area contributed by atoms with E-state index in [1.165, 1.54) is 0 Å². The lowest BCUT2D eigenvalue weighted by Gasteiger charge is -2.38. The van der Waals surface area contributed by atoms with Crippen molar-refractivity contribution in [2.45, 2.75) is 26.8 Å². The third-order valence-electron chi connectivity index (χ3n) is 3.13. The van der Waals surface area contributed by atoms with Gasteiger partial charge in [-0.05, 0) is 24.1 Å². The molecule has 0 spiro atoms. The number of aryl methyl sites for hydroxylation is 1. The normalized spacial score (nSPS) is 21.6. The number of hydrogen-bond acceptors (Lipinski definition) is 2. The number of hydrogen-bond donors (Lipinski definition) is 1. The molecule has 0 aromatic heterocycles. The first kappa shape index (κ1) is 15.1. The fourth-order valence-corrected chi connectivity index (χ4v) is 2.19. The molecule has 1 saturated heterocycles. The Labute approximate surface area is 118 Å². The Morgan fingerprint density at radius 1 is 1.44 bits per heavy atom. The molecule has 0 saturated carbocycles. The van der Waals surface area contributed by atoms with Crippen molar-refractivity contribution in [3.8, 4) is 0 Å². The Morgan fingerprint density at radius 2 is 2.11 bits per heavy atom. The van der Waals surface area contributed by atoms with Gasteiger partial charge in [-0.25, -0.2) is 4.79 Å². The van der Waals surface area contributed by atoms with E-state index >= 15 is 0 Å². The van der Waals surface area contributed by atoms with Gasteiger partial charge in [0.15, 0.2) is 0 Å². The summed E-state index contributed by atoms with van der Waals surface area (Å²) >= 11 is 6.01. The van der Waals surface area contributed by atoms with Crippen molar-refractivity contribution in [3.63, 3.8) is 0 Å². The van der Waals surface area contributed by atoms with Crippen LogP contribution in [0.3, 0.4) is 0 Å². The molecule has 18 heavy (non-hydrogen) atoms. The van der Waals surface area contributed by atoms with Crippen molar-refractivity contribution in [1.82, 2.24) is 5.32 Å². The van der Waals surface area contributed by atoms with Gasteiger partial charge in [0.1, 0.15) is 6.61 Å². The van der Waals surface area contributed by atoms with E-state index in [1.807, 2.05) is 25.1 Å². The highest BCUT2D eigenvalue weighted by molar-refractivity contribution is 6.31. The second-order valence-electron chi connectivity index (χ2n) is 5.15. The number of benzene rings is 1. The van der Waals surface area contributed by atoms with Crippen molar-refractivity contribution in [2.24, 2.45) is 5.41 Å². The number of halogens is 2. The monoisotopic (exact) mass is 289 g/mol. The summed E-state index contributed by atoms with van der Waals surface area (Å²) < 4.78 is 5.02. The maximum Gasteiger partial charge on any atom is 0.407 e. The predicted octanol–water partition coefficient (Wildman–Crippen LogP) is 3.88. The Bertz CT molecular complexity index is 460. The van der Waals surface area contributed by atoms with E-state index in [0.29, 0.717) is 6.61 Å². The number of carbonyl (C=O) groups excluding carboxylic acids is 1. The minimum Gasteiger partial charge on any atom is -0.449 e. The molecular weight excluding hydrogens is 273 g/mol. The number of cyclic esters (lactones) is 1. The lowest BCUT2D eigenvalue weighted by molar-refractivity contribution is 0.0387. The zero-order valence-electron chi connectivity index (χ0n) is 10.6. The minimum absolute atomic E-state index is 0. The molecule has 0 aliphatic carbocycles. The smallest absolute Gasteiger partial charge is 0.407 e. The van der Waals surface area contributed by atoms with E-state index in [1.54, 1.807) is 0 Å². The van der Waals surface area contributed by atoms with E-state index in [-0.39, 0.29) is 30.0 Å². The van der Waals surface area contributed by atoms with Gasteiger partial charge < -0.3 is 10.1 Å². The summed E-state index contributed by atoms with van der Waals surface area (Å²) in [6.45, 7) is 6.52. The van der Waals surface area contributed by atoms with Crippen LogP contribution in [0.2, 0.25) is 5.02 Å². The first-order valence-electron chi connectivity index (χ1n) is 5.59. The molecular formula is C13H17Cl2NO2. The number of ether oxygens (including phenoxy) is 1. The largest absolute Gasteiger partial charge is 0.449 e. The molecule has 1 N–H and O–H groups in total. The molecule has 2 rings (SSSR count). The summed E-state index contributed by atoms with van der Waals surface area (Å²) in [7, 11) is 0. The highest BCUT2D eigenvalue weighted by Crippen LogP contribution is 2.37. The second kappa shape index (κ2) is 5.37. The van der Waals surface area contributed by atoms with Crippen molar-refractivity contribution < 1.29 is 9.53 Å². The summed E-state index contributed by atoms with van der Waals surface area (Å²) in [5, 5.41) is 3.61. The highest BCUT2D eigenvalue weighted by atomic mass is 35.5. The van der Waals surface area contributed by atoms with Crippen LogP contribution in [0.5, 0.6) is 0 Å². The molecule has 3 nitrogen and oxygen atoms in total. The quantitative estimate of drug-likeness (QED) is 0.852. The van der Waals surface area contributed by atoms with E-state index < -0.39 is 0 Å². The Kier molecular flexibility index (Phi) is 4.51. The minimum atomic E-state index is -0.359. The maximum atomic E-state index is 11.3. The van der Waals surface area contributed by atoms with Crippen LogP contribution < -0.4 is 5.32 Å². The molecule has 1 aromatic carbocycles. The standard InChI is InChI=1S/C13H16ClNO2.ClH/c1-8-6-9(4-5-10(8)14)11-13(2,3)7-17-12(16)15-11;/h4-6,11H,7H2,1-3H3,(H,15,16);1H/t11-;/m1./s1. The van der Waals surface area contributed by atoms with Crippen LogP contribution in [0.1, 0.15) is 31.0 Å². The Hall–Kier alpha value is -0.930. The van der Waals surface area contributed by atoms with Gasteiger partial charge >= 0.3 is 6.09 Å². The average Bonchev–Trinajstić information content (AvgIpc) is 2.26. The zero-order valence-corrected chi connectivity index (χ0v) is 12.2. The lowest BCUT2D eigenvalue weighted by atomic mass is 9.80. The fourth-order valence-electron chi connectivity index (χ4n) is 2.07. The SMILES string of the molecule is Cc1cc([C@H]2NC(=O)OCC2(C)C)ccc1Cl.Cl. The van der Waals surface area contributed by atoms with Gasteiger partial charge in [0.2, 0.25) is 0 Å². The number of alkyl carbamates (subject to hydrolysis) is 1. The Balaban J connectivity index is 0.00000162. The predicted molar refractivity (Wildman–Crippen MR) is 74.4 cm³/mol. The van der Waals surface area contributed by atoms with Crippen molar-refractivity contribution in [2.75, 3.05) is 6.61 Å². The molecule has 0 unspecified atom stereocenters. The van der Waals surface area contributed by atoms with Gasteiger partial charge in [-0.15, -0.1) is 12.4 Å². The van der Waals surface area contributed by atoms with Crippen molar-refractivity contribution in [1.29, 1.82) is 0 Å². The topological polar surface area (TPSA) is 38.3 Å². The van der Waals surface area contributed by atoms with E-state index in [4.69, 9.17) is 16.3 Å². The maximum absolute atomic E-state index is 11.3. The molecule has 5 heteroatoms. The molecule has 1 heterocycles. The van der Waals surface area contributed by atoms with Crippen LogP contribution in [-0.2, 0) is 4.74 Å². The summed E-state index contributed by atoms with van der Waals surface area (Å²) in [6, 6.07) is 5.79. The average molecular weight is 290 g/mol. The molecule has 0 bridgehead atoms. The molecule has 1 amide bonds. The third kappa shape index (κ3) is 2.90. The van der Waals surface area contributed by atoms with Gasteiger partial charge in [0.05, 0.1) is 6.04 Å². The summed E-state index contributed by atoms with van der Waals surface area (Å²) in [5.41, 5.74) is 1.95. The van der Waals surface area contributed by atoms with E-state index in [0.717, 1.165) is 16.1 Å². The number of rotatable bonds is 1. The van der Waals surface area contributed by atoms with Crippen LogP contribution in [0.25, 0.3) is 0 Å². The van der Waals surface area contributed by atoms with Crippen LogP contribution in [-0.4, -0.2) is 12.7 Å². The van der Waals surface area contributed by atoms with Crippen LogP contribution in [0.4, 0.5) is 4.79 Å². The first-order chi connectivity index (χ1) is 7.90. The van der Waals surface area contributed by atoms with Crippen molar-refractivity contribution in [3.05, 3.63) is 34.3 Å². The molecule has 1 aliphatic rings. The van der Waals surface area contributed by atoms with Gasteiger partial charge in [-0.2, -0.15) is 0 Å². The summed E-state index contributed by atoms with van der Waals surface area (Å²) in [6.07, 6.45) is -0.359. The molecule has 0 radical (unpaired) electrons. The molecule has 1 aromatic rings. The third-order valence-corrected chi connectivity index (χ3v) is 3.56. The number of amides is 1. The number of nitrogens with one attached hydrogen (secondary N) is 1. The summed E-state index contributed by atoms with van der Waals surface area (Å²) in [4.78, 5) is 11.3. The second-order valence-corrected chi connectivity index (χ2v) is 5.56. The summed E-state index contributed by atoms with van der Waals surface area (Å²) in [5.74, 6) is 0.